The Bertz CT molecular complexity index is 480. The maximum Gasteiger partial charge on any atom is 0.169 e. The van der Waals surface area contributed by atoms with Gasteiger partial charge >= 0.3 is 0 Å². The van der Waals surface area contributed by atoms with Crippen molar-refractivity contribution in [3.05, 3.63) is 44.4 Å². The van der Waals surface area contributed by atoms with Gasteiger partial charge in [-0.05, 0) is 46.6 Å². The van der Waals surface area contributed by atoms with Crippen LogP contribution in [-0.2, 0) is 12.8 Å². The molecule has 2 heterocycles. The van der Waals surface area contributed by atoms with Crippen LogP contribution in [0, 0.1) is 0 Å². The lowest BCUT2D eigenvalue weighted by atomic mass is 10.1. The standard InChI is InChI=1S/C12H15BrN2OS/c1-2-8-3-4-9(17-8)7-10(15-14)11-5-6-12(13)16-11/h3-6,10,15H,2,7,14H2,1H3. The van der Waals surface area contributed by atoms with Gasteiger partial charge in [0, 0.05) is 16.2 Å². The van der Waals surface area contributed by atoms with E-state index in [1.165, 1.54) is 9.75 Å². The van der Waals surface area contributed by atoms with Crippen molar-refractivity contribution in [2.75, 3.05) is 0 Å². The van der Waals surface area contributed by atoms with E-state index in [9.17, 15) is 0 Å². The van der Waals surface area contributed by atoms with E-state index in [2.05, 4.69) is 40.4 Å². The van der Waals surface area contributed by atoms with Gasteiger partial charge in [-0.25, -0.2) is 5.43 Å². The molecule has 2 aromatic heterocycles. The van der Waals surface area contributed by atoms with Crippen LogP contribution in [-0.4, -0.2) is 0 Å². The molecular weight excluding hydrogens is 300 g/mol. The van der Waals surface area contributed by atoms with Crippen molar-refractivity contribution in [1.82, 2.24) is 5.43 Å². The Kier molecular flexibility index (Phi) is 4.39. The predicted molar refractivity (Wildman–Crippen MR) is 73.9 cm³/mol. The molecule has 0 saturated heterocycles. The fourth-order valence-electron chi connectivity index (χ4n) is 1.68. The van der Waals surface area contributed by atoms with E-state index < -0.39 is 0 Å². The van der Waals surface area contributed by atoms with Gasteiger partial charge in [-0.2, -0.15) is 0 Å². The number of hydrogen-bond donors (Lipinski definition) is 2. The number of aryl methyl sites for hydroxylation is 1. The Labute approximate surface area is 113 Å². The van der Waals surface area contributed by atoms with Crippen LogP contribution in [0.1, 0.15) is 28.5 Å². The lowest BCUT2D eigenvalue weighted by Crippen LogP contribution is -2.29. The van der Waals surface area contributed by atoms with Crippen molar-refractivity contribution in [1.29, 1.82) is 0 Å². The highest BCUT2D eigenvalue weighted by atomic mass is 79.9. The zero-order chi connectivity index (χ0) is 12.3. The first-order chi connectivity index (χ1) is 8.22. The Morgan fingerprint density at radius 1 is 1.35 bits per heavy atom. The van der Waals surface area contributed by atoms with Crippen LogP contribution in [0.2, 0.25) is 0 Å². The SMILES string of the molecule is CCc1ccc(CC(NN)c2ccc(Br)o2)s1. The molecular formula is C12H15BrN2OS. The molecule has 0 spiro atoms. The molecule has 2 rings (SSSR count). The summed E-state index contributed by atoms with van der Waals surface area (Å²) in [5.74, 6) is 6.43. The molecule has 5 heteroatoms. The van der Waals surface area contributed by atoms with E-state index in [1.54, 1.807) is 0 Å². The fraction of sp³-hybridized carbons (Fsp3) is 0.333. The average molecular weight is 315 g/mol. The quantitative estimate of drug-likeness (QED) is 0.657. The van der Waals surface area contributed by atoms with Gasteiger partial charge in [0.1, 0.15) is 5.76 Å². The number of halogens is 1. The summed E-state index contributed by atoms with van der Waals surface area (Å²) in [5.41, 5.74) is 2.80. The minimum absolute atomic E-state index is 0.0182. The van der Waals surface area contributed by atoms with E-state index >= 15 is 0 Å². The molecule has 3 nitrogen and oxygen atoms in total. The molecule has 0 aliphatic carbocycles. The van der Waals surface area contributed by atoms with Crippen LogP contribution in [0.4, 0.5) is 0 Å². The van der Waals surface area contributed by atoms with Gasteiger partial charge in [0.15, 0.2) is 4.67 Å². The van der Waals surface area contributed by atoms with Crippen LogP contribution in [0.15, 0.2) is 33.4 Å². The van der Waals surface area contributed by atoms with Crippen LogP contribution in [0.3, 0.4) is 0 Å². The summed E-state index contributed by atoms with van der Waals surface area (Å²) >= 11 is 5.13. The van der Waals surface area contributed by atoms with Crippen molar-refractivity contribution >= 4 is 27.3 Å². The number of furan rings is 1. The minimum Gasteiger partial charge on any atom is -0.453 e. The second-order valence-electron chi connectivity index (χ2n) is 3.79. The molecule has 0 bridgehead atoms. The zero-order valence-corrected chi connectivity index (χ0v) is 12.0. The number of nitrogens with two attached hydrogens (primary N) is 1. The van der Waals surface area contributed by atoms with Gasteiger partial charge in [-0.15, -0.1) is 11.3 Å². The zero-order valence-electron chi connectivity index (χ0n) is 9.57. The van der Waals surface area contributed by atoms with E-state index in [0.29, 0.717) is 0 Å². The molecule has 92 valence electrons. The summed E-state index contributed by atoms with van der Waals surface area (Å²) in [7, 11) is 0. The third-order valence-electron chi connectivity index (χ3n) is 2.61. The summed E-state index contributed by atoms with van der Waals surface area (Å²) in [6, 6.07) is 8.16. The third-order valence-corrected chi connectivity index (χ3v) is 4.29. The van der Waals surface area contributed by atoms with Crippen molar-refractivity contribution in [3.8, 4) is 0 Å². The molecule has 0 amide bonds. The van der Waals surface area contributed by atoms with Gasteiger partial charge in [0.2, 0.25) is 0 Å². The van der Waals surface area contributed by atoms with Crippen LogP contribution >= 0.6 is 27.3 Å². The fourth-order valence-corrected chi connectivity index (χ4v) is 3.00. The minimum atomic E-state index is 0.0182. The van der Waals surface area contributed by atoms with Crippen LogP contribution in [0.25, 0.3) is 0 Å². The van der Waals surface area contributed by atoms with Crippen molar-refractivity contribution < 1.29 is 4.42 Å². The highest BCUT2D eigenvalue weighted by Gasteiger charge is 2.15. The number of rotatable bonds is 5. The van der Waals surface area contributed by atoms with Crippen LogP contribution < -0.4 is 11.3 Å². The Morgan fingerprint density at radius 3 is 2.65 bits per heavy atom. The van der Waals surface area contributed by atoms with Crippen molar-refractivity contribution in [2.45, 2.75) is 25.8 Å². The molecule has 0 saturated carbocycles. The summed E-state index contributed by atoms with van der Waals surface area (Å²) in [5, 5.41) is 0. The van der Waals surface area contributed by atoms with E-state index in [-0.39, 0.29) is 6.04 Å². The molecule has 0 fully saturated rings. The smallest absolute Gasteiger partial charge is 0.169 e. The Morgan fingerprint density at radius 2 is 2.12 bits per heavy atom. The molecule has 0 aliphatic rings. The van der Waals surface area contributed by atoms with Gasteiger partial charge < -0.3 is 4.42 Å². The van der Waals surface area contributed by atoms with Crippen molar-refractivity contribution in [2.24, 2.45) is 5.84 Å². The molecule has 0 aliphatic heterocycles. The largest absolute Gasteiger partial charge is 0.453 e. The maximum atomic E-state index is 5.58. The van der Waals surface area contributed by atoms with E-state index in [0.717, 1.165) is 23.3 Å². The van der Waals surface area contributed by atoms with Gasteiger partial charge in [-0.1, -0.05) is 6.92 Å². The molecule has 3 N–H and O–H groups in total. The second-order valence-corrected chi connectivity index (χ2v) is 5.82. The second kappa shape index (κ2) is 5.82. The summed E-state index contributed by atoms with van der Waals surface area (Å²) in [6.45, 7) is 2.16. The number of hydrazine groups is 1. The highest BCUT2D eigenvalue weighted by Crippen LogP contribution is 2.26. The highest BCUT2D eigenvalue weighted by molar-refractivity contribution is 9.10. The lowest BCUT2D eigenvalue weighted by molar-refractivity contribution is 0.406. The normalized spacial score (nSPS) is 12.9. The first kappa shape index (κ1) is 12.8. The molecule has 2 aromatic rings. The third kappa shape index (κ3) is 3.19. The van der Waals surface area contributed by atoms with Gasteiger partial charge in [0.05, 0.1) is 6.04 Å². The number of thiophene rings is 1. The first-order valence-electron chi connectivity index (χ1n) is 5.52. The Balaban J connectivity index is 2.09. The summed E-state index contributed by atoms with van der Waals surface area (Å²) in [4.78, 5) is 2.72. The molecule has 0 aromatic carbocycles. The topological polar surface area (TPSA) is 51.2 Å². The van der Waals surface area contributed by atoms with Gasteiger partial charge in [-0.3, -0.25) is 5.84 Å². The van der Waals surface area contributed by atoms with Crippen molar-refractivity contribution in [3.63, 3.8) is 0 Å². The number of hydrogen-bond acceptors (Lipinski definition) is 4. The molecule has 1 atom stereocenters. The van der Waals surface area contributed by atoms with E-state index in [1.807, 2.05) is 23.5 Å². The van der Waals surface area contributed by atoms with E-state index in [4.69, 9.17) is 10.3 Å². The molecule has 17 heavy (non-hydrogen) atoms. The number of nitrogens with one attached hydrogen (secondary N) is 1. The maximum absolute atomic E-state index is 5.58. The lowest BCUT2D eigenvalue weighted by Gasteiger charge is -2.11. The Hall–Kier alpha value is -0.620. The molecule has 0 radical (unpaired) electrons. The van der Waals surface area contributed by atoms with Gasteiger partial charge in [0.25, 0.3) is 0 Å². The average Bonchev–Trinajstić information content (AvgIpc) is 2.94. The van der Waals surface area contributed by atoms with Crippen LogP contribution in [0.5, 0.6) is 0 Å². The monoisotopic (exact) mass is 314 g/mol. The first-order valence-corrected chi connectivity index (χ1v) is 7.12. The summed E-state index contributed by atoms with van der Waals surface area (Å²) in [6.07, 6.45) is 1.93. The molecule has 1 unspecified atom stereocenters. The summed E-state index contributed by atoms with van der Waals surface area (Å²) < 4.78 is 6.25. The predicted octanol–water partition coefficient (Wildman–Crippen LogP) is 3.41.